The van der Waals surface area contributed by atoms with Gasteiger partial charge in [-0.25, -0.2) is 0 Å². The van der Waals surface area contributed by atoms with E-state index in [1.807, 2.05) is 0 Å². The molecule has 0 aliphatic carbocycles. The number of ether oxygens (including phenoxy) is 2. The van der Waals surface area contributed by atoms with Crippen LogP contribution in [0.4, 0.5) is 0 Å². The molecule has 0 saturated heterocycles. The van der Waals surface area contributed by atoms with E-state index in [2.05, 4.69) is 20.8 Å². The van der Waals surface area contributed by atoms with Crippen molar-refractivity contribution in [2.45, 2.75) is 181 Å². The molecule has 0 aromatic rings. The minimum atomic E-state index is -0.953. The average molecular weight is 541 g/mol. The molecule has 0 amide bonds. The van der Waals surface area contributed by atoms with Crippen molar-refractivity contribution in [3.63, 3.8) is 0 Å². The van der Waals surface area contributed by atoms with Gasteiger partial charge in [-0.15, -0.1) is 0 Å². The highest BCUT2D eigenvalue weighted by Crippen LogP contribution is 2.16. The van der Waals surface area contributed by atoms with E-state index in [1.54, 1.807) is 0 Å². The van der Waals surface area contributed by atoms with Gasteiger partial charge >= 0.3 is 11.9 Å². The van der Waals surface area contributed by atoms with Crippen LogP contribution in [0, 0.1) is 5.92 Å². The van der Waals surface area contributed by atoms with Crippen LogP contribution < -0.4 is 0 Å². The van der Waals surface area contributed by atoms with Crippen LogP contribution in [0.25, 0.3) is 0 Å². The molecule has 0 fully saturated rings. The quantitative estimate of drug-likeness (QED) is 0.0755. The molecule has 0 heterocycles. The summed E-state index contributed by atoms with van der Waals surface area (Å²) in [6.45, 7) is 6.65. The molecule has 0 rings (SSSR count). The molecule has 5 heteroatoms. The molecule has 38 heavy (non-hydrogen) atoms. The van der Waals surface area contributed by atoms with Crippen molar-refractivity contribution in [1.82, 2.24) is 0 Å². The van der Waals surface area contributed by atoms with Gasteiger partial charge in [-0.2, -0.15) is 0 Å². The van der Waals surface area contributed by atoms with Crippen molar-refractivity contribution in [3.05, 3.63) is 0 Å². The van der Waals surface area contributed by atoms with Crippen LogP contribution in [-0.2, 0) is 19.1 Å². The second kappa shape index (κ2) is 28.9. The maximum absolute atomic E-state index is 11.9. The smallest absolute Gasteiger partial charge is 0.305 e. The fourth-order valence-electron chi connectivity index (χ4n) is 4.71. The third-order valence-corrected chi connectivity index (χ3v) is 7.63. The van der Waals surface area contributed by atoms with Gasteiger partial charge in [0.25, 0.3) is 0 Å². The number of esters is 2. The zero-order valence-electron chi connectivity index (χ0n) is 25.6. The largest absolute Gasteiger partial charge is 0.463 e. The molecule has 0 aromatic carbocycles. The lowest BCUT2D eigenvalue weighted by Crippen LogP contribution is -2.25. The van der Waals surface area contributed by atoms with E-state index in [9.17, 15) is 14.7 Å². The fourth-order valence-corrected chi connectivity index (χ4v) is 4.71. The number of aliphatic hydroxyl groups excluding tert-OH is 1. The van der Waals surface area contributed by atoms with Crippen LogP contribution in [0.5, 0.6) is 0 Å². The molecule has 0 aliphatic rings. The van der Waals surface area contributed by atoms with Crippen LogP contribution in [-0.4, -0.2) is 36.4 Å². The molecule has 2 atom stereocenters. The first-order chi connectivity index (χ1) is 18.5. The first-order valence-corrected chi connectivity index (χ1v) is 16.5. The van der Waals surface area contributed by atoms with Gasteiger partial charge in [0, 0.05) is 12.8 Å². The van der Waals surface area contributed by atoms with E-state index in [0.717, 1.165) is 31.6 Å². The Morgan fingerprint density at radius 2 is 0.895 bits per heavy atom. The molecule has 1 unspecified atom stereocenters. The maximum Gasteiger partial charge on any atom is 0.305 e. The lowest BCUT2D eigenvalue weighted by Gasteiger charge is -2.12. The normalized spacial score (nSPS) is 12.8. The Hall–Kier alpha value is -1.10. The molecule has 226 valence electrons. The van der Waals surface area contributed by atoms with Gasteiger partial charge in [-0.1, -0.05) is 149 Å². The van der Waals surface area contributed by atoms with Gasteiger partial charge in [0.1, 0.15) is 19.3 Å². The summed E-state index contributed by atoms with van der Waals surface area (Å²) in [4.78, 5) is 23.7. The summed E-state index contributed by atoms with van der Waals surface area (Å²) in [6.07, 6.45) is 27.1. The Morgan fingerprint density at radius 3 is 1.26 bits per heavy atom. The molecule has 0 aromatic heterocycles. The highest BCUT2D eigenvalue weighted by molar-refractivity contribution is 5.69. The van der Waals surface area contributed by atoms with E-state index < -0.39 is 6.10 Å². The summed E-state index contributed by atoms with van der Waals surface area (Å²) >= 11 is 0. The minimum Gasteiger partial charge on any atom is -0.463 e. The van der Waals surface area contributed by atoms with Crippen molar-refractivity contribution >= 4 is 11.9 Å². The van der Waals surface area contributed by atoms with Crippen LogP contribution in [0.15, 0.2) is 0 Å². The summed E-state index contributed by atoms with van der Waals surface area (Å²) in [5, 5.41) is 9.93. The molecule has 0 spiro atoms. The van der Waals surface area contributed by atoms with Gasteiger partial charge < -0.3 is 14.6 Å². The Morgan fingerprint density at radius 1 is 0.553 bits per heavy atom. The number of unbranched alkanes of at least 4 members (excludes halogenated alkanes) is 18. The minimum absolute atomic E-state index is 0.109. The number of hydrogen-bond donors (Lipinski definition) is 1. The van der Waals surface area contributed by atoms with Crippen LogP contribution in [0.2, 0.25) is 0 Å². The molecule has 5 nitrogen and oxygen atoms in total. The standard InChI is InChI=1S/C33H64O5/c1-4-6-7-8-9-10-14-17-20-23-26-32(35)37-28-31(34)29-38-33(36)27-24-21-18-15-12-11-13-16-19-22-25-30(3)5-2/h30-31,34H,4-29H2,1-3H3/t30?,31-/m1/s1. The van der Waals surface area contributed by atoms with E-state index >= 15 is 0 Å². The molecule has 1 N–H and O–H groups in total. The average Bonchev–Trinajstić information content (AvgIpc) is 2.92. The highest BCUT2D eigenvalue weighted by Gasteiger charge is 2.12. The molecular weight excluding hydrogens is 476 g/mol. The van der Waals surface area contributed by atoms with Crippen molar-refractivity contribution in [2.75, 3.05) is 13.2 Å². The van der Waals surface area contributed by atoms with Crippen LogP contribution in [0.3, 0.4) is 0 Å². The highest BCUT2D eigenvalue weighted by atomic mass is 16.6. The Labute approximate surface area is 236 Å². The van der Waals surface area contributed by atoms with Crippen molar-refractivity contribution in [2.24, 2.45) is 5.92 Å². The molecule has 0 saturated carbocycles. The third kappa shape index (κ3) is 27.9. The van der Waals surface area contributed by atoms with Gasteiger partial charge in [-0.05, 0) is 18.8 Å². The van der Waals surface area contributed by atoms with E-state index in [0.29, 0.717) is 12.8 Å². The summed E-state index contributed by atoms with van der Waals surface area (Å²) in [6, 6.07) is 0. The van der Waals surface area contributed by atoms with Gasteiger partial charge in [0.05, 0.1) is 0 Å². The Kier molecular flexibility index (Phi) is 28.1. The number of rotatable bonds is 29. The summed E-state index contributed by atoms with van der Waals surface area (Å²) in [5.74, 6) is 0.320. The van der Waals surface area contributed by atoms with E-state index in [-0.39, 0.29) is 25.2 Å². The predicted molar refractivity (Wildman–Crippen MR) is 159 cm³/mol. The Bertz CT molecular complexity index is 522. The lowest BCUT2D eigenvalue weighted by molar-refractivity contribution is -0.152. The first-order valence-electron chi connectivity index (χ1n) is 16.5. The zero-order chi connectivity index (χ0) is 28.1. The van der Waals surface area contributed by atoms with Gasteiger partial charge in [0.15, 0.2) is 0 Å². The summed E-state index contributed by atoms with van der Waals surface area (Å²) in [7, 11) is 0. The topological polar surface area (TPSA) is 72.8 Å². The number of carbonyl (C=O) groups excluding carboxylic acids is 2. The van der Waals surface area contributed by atoms with Crippen LogP contribution >= 0.6 is 0 Å². The lowest BCUT2D eigenvalue weighted by atomic mass is 9.99. The second-order valence-electron chi connectivity index (χ2n) is 11.5. The number of carbonyl (C=O) groups is 2. The summed E-state index contributed by atoms with van der Waals surface area (Å²) in [5.41, 5.74) is 0. The van der Waals surface area contributed by atoms with Crippen molar-refractivity contribution in [3.8, 4) is 0 Å². The molecule has 0 radical (unpaired) electrons. The van der Waals surface area contributed by atoms with E-state index in [1.165, 1.54) is 116 Å². The Balaban J connectivity index is 3.42. The van der Waals surface area contributed by atoms with Crippen molar-refractivity contribution in [1.29, 1.82) is 0 Å². The van der Waals surface area contributed by atoms with Crippen molar-refractivity contribution < 1.29 is 24.2 Å². The van der Waals surface area contributed by atoms with E-state index in [4.69, 9.17) is 9.47 Å². The zero-order valence-corrected chi connectivity index (χ0v) is 25.6. The summed E-state index contributed by atoms with van der Waals surface area (Å²) < 4.78 is 10.3. The van der Waals surface area contributed by atoms with Crippen LogP contribution in [0.1, 0.15) is 175 Å². The third-order valence-electron chi connectivity index (χ3n) is 7.63. The van der Waals surface area contributed by atoms with Gasteiger partial charge in [-0.3, -0.25) is 9.59 Å². The predicted octanol–water partition coefficient (Wildman–Crippen LogP) is 9.47. The molecular formula is C33H64O5. The first kappa shape index (κ1) is 36.9. The number of hydrogen-bond acceptors (Lipinski definition) is 5. The SMILES string of the molecule is CCCCCCCCCCCCC(=O)OC[C@@H](O)COC(=O)CCCCCCCCCCCCC(C)CC. The molecule has 0 bridgehead atoms. The monoisotopic (exact) mass is 540 g/mol. The number of aliphatic hydroxyl groups is 1. The maximum atomic E-state index is 11.9. The van der Waals surface area contributed by atoms with Gasteiger partial charge in [0.2, 0.25) is 0 Å². The fraction of sp³-hybridized carbons (Fsp3) is 0.939. The molecule has 0 aliphatic heterocycles. The second-order valence-corrected chi connectivity index (χ2v) is 11.5.